The third-order valence-electron chi connectivity index (χ3n) is 11.0. The highest BCUT2D eigenvalue weighted by atomic mass is 16.3. The first kappa shape index (κ1) is 23.6. The summed E-state index contributed by atoms with van der Waals surface area (Å²) in [6.07, 6.45) is 13.4. The molecule has 9 atom stereocenters. The zero-order valence-corrected chi connectivity index (χ0v) is 21.0. The van der Waals surface area contributed by atoms with Gasteiger partial charge in [-0.1, -0.05) is 53.9 Å². The first-order valence-corrected chi connectivity index (χ1v) is 13.6. The quantitative estimate of drug-likeness (QED) is 0.504. The van der Waals surface area contributed by atoms with Crippen LogP contribution in [0.2, 0.25) is 0 Å². The zero-order valence-electron chi connectivity index (χ0n) is 21.0. The van der Waals surface area contributed by atoms with Gasteiger partial charge < -0.3 is 10.4 Å². The van der Waals surface area contributed by atoms with Crippen molar-refractivity contribution in [2.75, 3.05) is 6.61 Å². The van der Waals surface area contributed by atoms with Crippen LogP contribution in [-0.2, 0) is 4.79 Å². The van der Waals surface area contributed by atoms with Gasteiger partial charge in [0.05, 0.1) is 0 Å². The average molecular weight is 432 g/mol. The molecule has 3 saturated carbocycles. The van der Waals surface area contributed by atoms with Gasteiger partial charge in [-0.25, -0.2) is 0 Å². The van der Waals surface area contributed by atoms with Gasteiger partial charge in [-0.15, -0.1) is 0 Å². The Kier molecular flexibility index (Phi) is 6.84. The fourth-order valence-electron chi connectivity index (χ4n) is 9.34. The van der Waals surface area contributed by atoms with Crippen molar-refractivity contribution in [1.29, 1.82) is 0 Å². The number of piperidine rings is 1. The van der Waals surface area contributed by atoms with Crippen LogP contribution in [0.4, 0.5) is 0 Å². The number of amides is 1. The van der Waals surface area contributed by atoms with Crippen LogP contribution >= 0.6 is 0 Å². The highest BCUT2D eigenvalue weighted by molar-refractivity contribution is 5.77. The van der Waals surface area contributed by atoms with Crippen LogP contribution in [0.3, 0.4) is 0 Å². The highest BCUT2D eigenvalue weighted by Crippen LogP contribution is 2.68. The molecule has 4 aliphatic rings. The SMILES string of the molecule is CC(C)CCCC(C)C1CCC2C3C(CC[C@]12C)[C@@]1(C)CCC(=O)NC1C[C@@H]3CCO. The number of hydrogen-bond donors (Lipinski definition) is 2. The molecule has 4 rings (SSSR count). The molecule has 4 fully saturated rings. The topological polar surface area (TPSA) is 49.3 Å². The molecule has 6 unspecified atom stereocenters. The lowest BCUT2D eigenvalue weighted by molar-refractivity contribution is -0.147. The van der Waals surface area contributed by atoms with Gasteiger partial charge in [0.1, 0.15) is 0 Å². The van der Waals surface area contributed by atoms with Crippen LogP contribution in [0, 0.1) is 52.3 Å². The molecular formula is C28H49NO2. The summed E-state index contributed by atoms with van der Waals surface area (Å²) in [7, 11) is 0. The monoisotopic (exact) mass is 431 g/mol. The predicted molar refractivity (Wildman–Crippen MR) is 127 cm³/mol. The Morgan fingerprint density at radius 2 is 1.77 bits per heavy atom. The van der Waals surface area contributed by atoms with Gasteiger partial charge in [0.15, 0.2) is 0 Å². The van der Waals surface area contributed by atoms with Crippen LogP contribution in [0.1, 0.15) is 105 Å². The number of carbonyl (C=O) groups is 1. The molecule has 1 aliphatic heterocycles. The molecule has 3 aliphatic carbocycles. The minimum absolute atomic E-state index is 0.250. The molecule has 1 heterocycles. The summed E-state index contributed by atoms with van der Waals surface area (Å²) in [5.41, 5.74) is 0.736. The summed E-state index contributed by atoms with van der Waals surface area (Å²) in [4.78, 5) is 12.2. The van der Waals surface area contributed by atoms with Gasteiger partial charge in [-0.2, -0.15) is 0 Å². The molecule has 3 nitrogen and oxygen atoms in total. The largest absolute Gasteiger partial charge is 0.396 e. The third-order valence-corrected chi connectivity index (χ3v) is 11.0. The van der Waals surface area contributed by atoms with Crippen LogP contribution in [0.5, 0.6) is 0 Å². The number of nitrogens with one attached hydrogen (secondary N) is 1. The molecule has 31 heavy (non-hydrogen) atoms. The molecule has 178 valence electrons. The molecule has 0 radical (unpaired) electrons. The Balaban J connectivity index is 1.55. The van der Waals surface area contributed by atoms with Crippen molar-refractivity contribution in [2.45, 2.75) is 111 Å². The number of aliphatic hydroxyl groups excluding tert-OH is 1. The van der Waals surface area contributed by atoms with Crippen molar-refractivity contribution in [3.05, 3.63) is 0 Å². The van der Waals surface area contributed by atoms with E-state index in [1.165, 1.54) is 44.9 Å². The molecule has 1 saturated heterocycles. The van der Waals surface area contributed by atoms with Crippen LogP contribution in [-0.4, -0.2) is 23.7 Å². The lowest BCUT2D eigenvalue weighted by atomic mass is 9.44. The average Bonchev–Trinajstić information content (AvgIpc) is 3.06. The van der Waals surface area contributed by atoms with Gasteiger partial charge in [-0.3, -0.25) is 4.79 Å². The van der Waals surface area contributed by atoms with E-state index in [1.54, 1.807) is 0 Å². The summed E-state index contributed by atoms with van der Waals surface area (Å²) < 4.78 is 0. The van der Waals surface area contributed by atoms with Crippen molar-refractivity contribution < 1.29 is 9.90 Å². The van der Waals surface area contributed by atoms with Gasteiger partial charge >= 0.3 is 0 Å². The normalized spacial score (nSPS) is 45.6. The number of carbonyl (C=O) groups excluding carboxylic acids is 1. The molecule has 0 aromatic rings. The van der Waals surface area contributed by atoms with Gasteiger partial charge in [-0.05, 0) is 97.2 Å². The number of hydrogen-bond acceptors (Lipinski definition) is 2. The van der Waals surface area contributed by atoms with Gasteiger partial charge in [0.2, 0.25) is 5.91 Å². The van der Waals surface area contributed by atoms with Crippen molar-refractivity contribution in [2.24, 2.45) is 52.3 Å². The molecule has 0 aromatic heterocycles. The molecule has 3 heteroatoms. The van der Waals surface area contributed by atoms with E-state index in [2.05, 4.69) is 39.9 Å². The second-order valence-corrected chi connectivity index (χ2v) is 13.0. The van der Waals surface area contributed by atoms with Crippen LogP contribution in [0.25, 0.3) is 0 Å². The Hall–Kier alpha value is -0.570. The lowest BCUT2D eigenvalue weighted by Gasteiger charge is -2.63. The van der Waals surface area contributed by atoms with Crippen molar-refractivity contribution in [3.63, 3.8) is 0 Å². The first-order chi connectivity index (χ1) is 14.7. The van der Waals surface area contributed by atoms with Crippen molar-refractivity contribution in [3.8, 4) is 0 Å². The molecular weight excluding hydrogens is 382 g/mol. The Bertz CT molecular complexity index is 647. The minimum atomic E-state index is 0.250. The fraction of sp³-hybridized carbons (Fsp3) is 0.964. The van der Waals surface area contributed by atoms with E-state index in [-0.39, 0.29) is 11.3 Å². The lowest BCUT2D eigenvalue weighted by Crippen LogP contribution is -2.63. The molecule has 0 aromatic carbocycles. The maximum absolute atomic E-state index is 12.2. The number of aliphatic hydroxyl groups is 1. The van der Waals surface area contributed by atoms with E-state index in [1.807, 2.05) is 0 Å². The molecule has 1 amide bonds. The van der Waals surface area contributed by atoms with E-state index in [0.717, 1.165) is 54.8 Å². The number of rotatable bonds is 7. The summed E-state index contributed by atoms with van der Waals surface area (Å²) in [6, 6.07) is 0.322. The summed E-state index contributed by atoms with van der Waals surface area (Å²) in [5.74, 6) is 5.63. The first-order valence-electron chi connectivity index (χ1n) is 13.6. The van der Waals surface area contributed by atoms with E-state index in [0.29, 0.717) is 30.4 Å². The second-order valence-electron chi connectivity index (χ2n) is 13.0. The summed E-state index contributed by atoms with van der Waals surface area (Å²) in [6.45, 7) is 12.7. The Morgan fingerprint density at radius 1 is 1.03 bits per heavy atom. The zero-order chi connectivity index (χ0) is 22.4. The maximum Gasteiger partial charge on any atom is 0.220 e. The summed E-state index contributed by atoms with van der Waals surface area (Å²) >= 11 is 0. The second kappa shape index (κ2) is 8.99. The minimum Gasteiger partial charge on any atom is -0.396 e. The van der Waals surface area contributed by atoms with Crippen LogP contribution < -0.4 is 5.32 Å². The van der Waals surface area contributed by atoms with Crippen molar-refractivity contribution >= 4 is 5.91 Å². The molecule has 0 spiro atoms. The van der Waals surface area contributed by atoms with Gasteiger partial charge in [0.25, 0.3) is 0 Å². The molecule has 0 bridgehead atoms. The summed E-state index contributed by atoms with van der Waals surface area (Å²) in [5, 5.41) is 13.3. The third kappa shape index (κ3) is 4.11. The molecule has 2 N–H and O–H groups in total. The predicted octanol–water partition coefficient (Wildman–Crippen LogP) is 6.19. The highest BCUT2D eigenvalue weighted by Gasteiger charge is 2.62. The van der Waals surface area contributed by atoms with E-state index >= 15 is 0 Å². The standard InChI is InChI=1S/C28H49NO2/c1-18(2)7-6-8-19(3)21-9-10-22-26-20(13-16-30)17-24-28(5,15-12-25(31)29-24)23(26)11-14-27(21,22)4/h18-24,26,30H,6-17H2,1-5H3,(H,29,31)/t19?,20-,21?,22?,23?,24?,26?,27+,28+/m0/s1. The van der Waals surface area contributed by atoms with Crippen LogP contribution in [0.15, 0.2) is 0 Å². The Morgan fingerprint density at radius 3 is 2.48 bits per heavy atom. The van der Waals surface area contributed by atoms with E-state index in [9.17, 15) is 9.90 Å². The smallest absolute Gasteiger partial charge is 0.220 e. The van der Waals surface area contributed by atoms with E-state index in [4.69, 9.17) is 0 Å². The van der Waals surface area contributed by atoms with E-state index < -0.39 is 0 Å². The fourth-order valence-corrected chi connectivity index (χ4v) is 9.34. The maximum atomic E-state index is 12.2. The number of fused-ring (bicyclic) bond motifs is 5. The van der Waals surface area contributed by atoms with Gasteiger partial charge in [0, 0.05) is 19.1 Å². The van der Waals surface area contributed by atoms with Crippen molar-refractivity contribution in [1.82, 2.24) is 5.32 Å². The Labute approximate surface area is 191 Å².